The number of thiazole rings is 1. The number of nitrogens with one attached hydrogen (secondary N) is 1. The second-order valence-corrected chi connectivity index (χ2v) is 12.2. The number of benzene rings is 1. The molecule has 2 N–H and O–H groups in total. The third kappa shape index (κ3) is 6.48. The molecule has 2 heterocycles. The molecule has 0 bridgehead atoms. The van der Waals surface area contributed by atoms with E-state index in [0.717, 1.165) is 11.3 Å². The minimum absolute atomic E-state index is 0.188. The summed E-state index contributed by atoms with van der Waals surface area (Å²) in [6, 6.07) is 6.23. The Labute approximate surface area is 213 Å². The van der Waals surface area contributed by atoms with Gasteiger partial charge in [0.1, 0.15) is 0 Å². The van der Waals surface area contributed by atoms with Crippen LogP contribution >= 0.6 is 11.3 Å². The Hall–Kier alpha value is -2.38. The number of hydrogen-bond acceptors (Lipinski definition) is 9. The molecule has 0 spiro atoms. The summed E-state index contributed by atoms with van der Waals surface area (Å²) >= 11 is 1.08. The van der Waals surface area contributed by atoms with Gasteiger partial charge in [0.05, 0.1) is 28.0 Å². The van der Waals surface area contributed by atoms with Gasteiger partial charge >= 0.3 is 5.97 Å². The van der Waals surface area contributed by atoms with E-state index >= 15 is 0 Å². The molecule has 10 nitrogen and oxygen atoms in total. The molecular formula is C24H30N2O8S2. The highest BCUT2D eigenvalue weighted by Gasteiger charge is 2.37. The summed E-state index contributed by atoms with van der Waals surface area (Å²) in [6.07, 6.45) is -0.187. The van der Waals surface area contributed by atoms with Crippen molar-refractivity contribution < 1.29 is 37.3 Å². The average Bonchev–Trinajstić information content (AvgIpc) is 3.62. The fourth-order valence-corrected chi connectivity index (χ4v) is 6.24. The van der Waals surface area contributed by atoms with Crippen LogP contribution in [0.2, 0.25) is 0 Å². The van der Waals surface area contributed by atoms with Crippen LogP contribution in [0, 0.1) is 0 Å². The van der Waals surface area contributed by atoms with Gasteiger partial charge in [-0.2, -0.15) is 0 Å². The van der Waals surface area contributed by atoms with Crippen molar-refractivity contribution in [1.29, 1.82) is 0 Å². The maximum atomic E-state index is 13.3. The molecule has 196 valence electrons. The van der Waals surface area contributed by atoms with Crippen LogP contribution in [-0.2, 0) is 33.6 Å². The van der Waals surface area contributed by atoms with Crippen LogP contribution in [-0.4, -0.2) is 61.1 Å². The van der Waals surface area contributed by atoms with Gasteiger partial charge in [0.2, 0.25) is 0 Å². The first-order valence-electron chi connectivity index (χ1n) is 11.9. The number of carbonyl (C=O) groups is 2. The molecule has 1 aromatic carbocycles. The zero-order chi connectivity index (χ0) is 25.9. The molecule has 1 aliphatic heterocycles. The Balaban J connectivity index is 1.53. The van der Waals surface area contributed by atoms with Gasteiger partial charge in [0.15, 0.2) is 27.2 Å². The second kappa shape index (κ2) is 11.3. The van der Waals surface area contributed by atoms with Crippen LogP contribution in [0.3, 0.4) is 0 Å². The van der Waals surface area contributed by atoms with Gasteiger partial charge in [0.25, 0.3) is 5.91 Å². The van der Waals surface area contributed by atoms with E-state index in [0.29, 0.717) is 44.5 Å². The van der Waals surface area contributed by atoms with Gasteiger partial charge in [-0.15, -0.1) is 11.3 Å². The van der Waals surface area contributed by atoms with E-state index in [1.54, 1.807) is 26.0 Å². The van der Waals surface area contributed by atoms with Gasteiger partial charge in [0, 0.05) is 18.6 Å². The minimum Gasteiger partial charge on any atom is -0.479 e. The lowest BCUT2D eigenvalue weighted by molar-refractivity contribution is -0.154. The number of ether oxygens (including phenoxy) is 3. The first-order chi connectivity index (χ1) is 17.1. The van der Waals surface area contributed by atoms with Crippen LogP contribution < -0.4 is 5.32 Å². The molecule has 1 saturated carbocycles. The average molecular weight is 539 g/mol. The van der Waals surface area contributed by atoms with Crippen molar-refractivity contribution in [1.82, 2.24) is 4.98 Å². The summed E-state index contributed by atoms with van der Waals surface area (Å²) in [6.45, 7) is 4.51. The van der Waals surface area contributed by atoms with Crippen molar-refractivity contribution in [3.05, 3.63) is 40.9 Å². The first kappa shape index (κ1) is 26.7. The van der Waals surface area contributed by atoms with E-state index in [2.05, 4.69) is 10.3 Å². The molecular weight excluding hydrogens is 508 g/mol. The van der Waals surface area contributed by atoms with Crippen LogP contribution in [0.4, 0.5) is 5.13 Å². The van der Waals surface area contributed by atoms with Crippen molar-refractivity contribution >= 4 is 38.2 Å². The predicted molar refractivity (Wildman–Crippen MR) is 132 cm³/mol. The number of carboxylic acid groups (broad SMARTS) is 1. The zero-order valence-corrected chi connectivity index (χ0v) is 21.7. The lowest BCUT2D eigenvalue weighted by Crippen LogP contribution is -2.31. The number of carboxylic acids is 1. The summed E-state index contributed by atoms with van der Waals surface area (Å²) < 4.78 is 42.1. The molecule has 2 unspecified atom stereocenters. The normalized spacial score (nSPS) is 18.6. The van der Waals surface area contributed by atoms with Crippen LogP contribution in [0.15, 0.2) is 34.5 Å². The third-order valence-corrected chi connectivity index (χ3v) is 8.92. The molecule has 36 heavy (non-hydrogen) atoms. The van der Waals surface area contributed by atoms with Gasteiger partial charge < -0.3 is 19.3 Å². The highest BCUT2D eigenvalue weighted by molar-refractivity contribution is 7.92. The number of aromatic nitrogens is 1. The summed E-state index contributed by atoms with van der Waals surface area (Å²) in [5.74, 6) is -1.66. The van der Waals surface area contributed by atoms with E-state index in [-0.39, 0.29) is 33.2 Å². The predicted octanol–water partition coefficient (Wildman–Crippen LogP) is 3.51. The SMILES string of the molecule is CC(C)OC(C(=O)O)c1csc(NC(=O)C(OC2CCOCC2)c2ccc(S(=O)(=O)C3CC3)cc2)n1. The zero-order valence-electron chi connectivity index (χ0n) is 20.1. The summed E-state index contributed by atoms with van der Waals surface area (Å²) in [7, 11) is -3.35. The third-order valence-electron chi connectivity index (χ3n) is 5.86. The molecule has 2 fully saturated rings. The standard InChI is InChI=1S/C24H30N2O8S2/c1-14(2)33-21(23(28)29)19-13-35-24(25-19)26-22(27)20(34-16-9-11-32-12-10-16)15-3-5-17(6-4-15)36(30,31)18-7-8-18/h3-6,13-14,16,18,20-21H,7-12H2,1-2H3,(H,28,29)(H,25,26,27). The number of nitrogens with zero attached hydrogens (tertiary/aromatic N) is 1. The van der Waals surface area contributed by atoms with E-state index in [4.69, 9.17) is 14.2 Å². The van der Waals surface area contributed by atoms with E-state index in [1.807, 2.05) is 0 Å². The molecule has 2 aromatic rings. The topological polar surface area (TPSA) is 141 Å². The smallest absolute Gasteiger partial charge is 0.339 e. The monoisotopic (exact) mass is 538 g/mol. The van der Waals surface area contributed by atoms with Crippen molar-refractivity contribution in [2.24, 2.45) is 0 Å². The number of hydrogen-bond donors (Lipinski definition) is 2. The number of carbonyl (C=O) groups excluding carboxylic acids is 1. The number of rotatable bonds is 11. The molecule has 12 heteroatoms. The van der Waals surface area contributed by atoms with Crippen LogP contribution in [0.5, 0.6) is 0 Å². The highest BCUT2D eigenvalue weighted by Crippen LogP contribution is 2.34. The summed E-state index contributed by atoms with van der Waals surface area (Å²) in [5.41, 5.74) is 0.699. The maximum absolute atomic E-state index is 13.3. The summed E-state index contributed by atoms with van der Waals surface area (Å²) in [4.78, 5) is 29.4. The molecule has 1 saturated heterocycles. The molecule has 1 aliphatic carbocycles. The van der Waals surface area contributed by atoms with Gasteiger partial charge in [-0.3, -0.25) is 10.1 Å². The molecule has 1 aromatic heterocycles. The number of aliphatic carboxylic acids is 1. The minimum atomic E-state index is -3.35. The largest absolute Gasteiger partial charge is 0.479 e. The summed E-state index contributed by atoms with van der Waals surface area (Å²) in [5, 5.41) is 13.6. The Morgan fingerprint density at radius 3 is 2.36 bits per heavy atom. The van der Waals surface area contributed by atoms with Crippen molar-refractivity contribution in [3.8, 4) is 0 Å². The molecule has 2 aliphatic rings. The lowest BCUT2D eigenvalue weighted by Gasteiger charge is -2.27. The quantitative estimate of drug-likeness (QED) is 0.440. The molecule has 1 amide bonds. The van der Waals surface area contributed by atoms with E-state index in [1.165, 1.54) is 17.5 Å². The van der Waals surface area contributed by atoms with Gasteiger partial charge in [-0.05, 0) is 57.2 Å². The van der Waals surface area contributed by atoms with Crippen molar-refractivity contribution in [2.45, 2.75) is 74.1 Å². The van der Waals surface area contributed by atoms with Crippen molar-refractivity contribution in [3.63, 3.8) is 0 Å². The Morgan fingerprint density at radius 1 is 1.11 bits per heavy atom. The fourth-order valence-electron chi connectivity index (χ4n) is 3.86. The first-order valence-corrected chi connectivity index (χ1v) is 14.3. The van der Waals surface area contributed by atoms with Crippen LogP contribution in [0.25, 0.3) is 0 Å². The maximum Gasteiger partial charge on any atom is 0.339 e. The molecule has 0 radical (unpaired) electrons. The van der Waals surface area contributed by atoms with Crippen LogP contribution in [0.1, 0.15) is 63.0 Å². The number of amides is 1. The number of sulfone groups is 1. The Morgan fingerprint density at radius 2 is 1.78 bits per heavy atom. The Bertz CT molecular complexity index is 1170. The Kier molecular flexibility index (Phi) is 8.41. The van der Waals surface area contributed by atoms with Crippen molar-refractivity contribution in [2.75, 3.05) is 18.5 Å². The second-order valence-electron chi connectivity index (χ2n) is 9.11. The highest BCUT2D eigenvalue weighted by atomic mass is 32.2. The van der Waals surface area contributed by atoms with E-state index in [9.17, 15) is 23.1 Å². The number of anilines is 1. The lowest BCUT2D eigenvalue weighted by atomic mass is 10.1. The van der Waals surface area contributed by atoms with Gasteiger partial charge in [-0.25, -0.2) is 18.2 Å². The fraction of sp³-hybridized carbons (Fsp3) is 0.542. The van der Waals surface area contributed by atoms with E-state index < -0.39 is 33.9 Å². The van der Waals surface area contributed by atoms with Gasteiger partial charge in [-0.1, -0.05) is 12.1 Å². The molecule has 2 atom stereocenters. The molecule has 4 rings (SSSR count).